The summed E-state index contributed by atoms with van der Waals surface area (Å²) >= 11 is 0. The lowest BCUT2D eigenvalue weighted by atomic mass is 10.2. The Balaban J connectivity index is 1.69. The molecule has 0 aliphatic carbocycles. The predicted octanol–water partition coefficient (Wildman–Crippen LogP) is 3.58. The van der Waals surface area contributed by atoms with Crippen molar-refractivity contribution in [2.24, 2.45) is 0 Å². The van der Waals surface area contributed by atoms with Gasteiger partial charge in [0.2, 0.25) is 0 Å². The first kappa shape index (κ1) is 20.7. The summed E-state index contributed by atoms with van der Waals surface area (Å²) in [6.45, 7) is 1.85. The van der Waals surface area contributed by atoms with Gasteiger partial charge in [-0.15, -0.1) is 0 Å². The Kier molecular flexibility index (Phi) is 6.77. The van der Waals surface area contributed by atoms with E-state index in [0.29, 0.717) is 5.75 Å². The number of nitrogens with zero attached hydrogens (tertiary/aromatic N) is 3. The number of aromatic nitrogens is 2. The standard InChI is InChI=1S/C21H23F2N3O3/c1-15-6-7-20-24-17(12-26(20)11-15)14-29-18-5-3-4-16(10-18)21(27)25(8-9-28-2)13-19(22)23/h3-7,10-12,19H,8-9,13-14H2,1-2H3. The molecule has 0 aliphatic heterocycles. The van der Waals surface area contributed by atoms with Crippen LogP contribution in [0.1, 0.15) is 21.6 Å². The van der Waals surface area contributed by atoms with E-state index in [9.17, 15) is 13.6 Å². The van der Waals surface area contributed by atoms with Crippen LogP contribution in [0.5, 0.6) is 5.75 Å². The van der Waals surface area contributed by atoms with Gasteiger partial charge in [-0.3, -0.25) is 4.79 Å². The normalized spacial score (nSPS) is 11.2. The van der Waals surface area contributed by atoms with Gasteiger partial charge in [0, 0.05) is 31.6 Å². The lowest BCUT2D eigenvalue weighted by molar-refractivity contribution is 0.0478. The van der Waals surface area contributed by atoms with E-state index in [-0.39, 0.29) is 25.3 Å². The van der Waals surface area contributed by atoms with Gasteiger partial charge >= 0.3 is 0 Å². The van der Waals surface area contributed by atoms with Gasteiger partial charge in [0.15, 0.2) is 0 Å². The van der Waals surface area contributed by atoms with Crippen molar-refractivity contribution in [2.75, 3.05) is 26.8 Å². The van der Waals surface area contributed by atoms with Gasteiger partial charge < -0.3 is 18.8 Å². The van der Waals surface area contributed by atoms with Gasteiger partial charge in [-0.25, -0.2) is 13.8 Å². The average molecular weight is 403 g/mol. The number of hydrogen-bond donors (Lipinski definition) is 0. The van der Waals surface area contributed by atoms with Crippen LogP contribution in [0.4, 0.5) is 8.78 Å². The summed E-state index contributed by atoms with van der Waals surface area (Å²) < 4.78 is 38.2. The van der Waals surface area contributed by atoms with E-state index in [0.717, 1.165) is 21.8 Å². The van der Waals surface area contributed by atoms with E-state index in [1.165, 1.54) is 7.11 Å². The molecule has 3 aromatic rings. The number of fused-ring (bicyclic) bond motifs is 1. The third-order valence-electron chi connectivity index (χ3n) is 4.33. The van der Waals surface area contributed by atoms with Crippen LogP contribution in [0.15, 0.2) is 48.8 Å². The molecule has 0 saturated heterocycles. The van der Waals surface area contributed by atoms with E-state index in [1.54, 1.807) is 24.3 Å². The number of imidazole rings is 1. The Bertz CT molecular complexity index is 975. The van der Waals surface area contributed by atoms with Crippen molar-refractivity contribution in [3.05, 3.63) is 65.6 Å². The van der Waals surface area contributed by atoms with Crippen LogP contribution >= 0.6 is 0 Å². The molecule has 29 heavy (non-hydrogen) atoms. The highest BCUT2D eigenvalue weighted by Crippen LogP contribution is 2.18. The molecular formula is C21H23F2N3O3. The third kappa shape index (κ3) is 5.51. The van der Waals surface area contributed by atoms with Crippen molar-refractivity contribution in [3.63, 3.8) is 0 Å². The highest BCUT2D eigenvalue weighted by atomic mass is 19.3. The number of carbonyl (C=O) groups is 1. The predicted molar refractivity (Wildman–Crippen MR) is 104 cm³/mol. The molecule has 154 valence electrons. The van der Waals surface area contributed by atoms with E-state index < -0.39 is 18.9 Å². The Morgan fingerprint density at radius 3 is 2.83 bits per heavy atom. The summed E-state index contributed by atoms with van der Waals surface area (Å²) in [4.78, 5) is 18.2. The molecule has 0 bridgehead atoms. The number of carbonyl (C=O) groups excluding carboxylic acids is 1. The van der Waals surface area contributed by atoms with Crippen molar-refractivity contribution in [1.82, 2.24) is 14.3 Å². The first-order valence-electron chi connectivity index (χ1n) is 9.19. The highest BCUT2D eigenvalue weighted by Gasteiger charge is 2.20. The average Bonchev–Trinajstić information content (AvgIpc) is 3.11. The minimum Gasteiger partial charge on any atom is -0.487 e. The molecular weight excluding hydrogens is 380 g/mol. The highest BCUT2D eigenvalue weighted by molar-refractivity contribution is 5.94. The van der Waals surface area contributed by atoms with Crippen molar-refractivity contribution in [2.45, 2.75) is 20.0 Å². The molecule has 0 unspecified atom stereocenters. The number of rotatable bonds is 9. The van der Waals surface area contributed by atoms with E-state index in [4.69, 9.17) is 9.47 Å². The maximum Gasteiger partial charge on any atom is 0.255 e. The van der Waals surface area contributed by atoms with Crippen molar-refractivity contribution < 1.29 is 23.0 Å². The van der Waals surface area contributed by atoms with E-state index >= 15 is 0 Å². The summed E-state index contributed by atoms with van der Waals surface area (Å²) in [6.07, 6.45) is 1.24. The second-order valence-electron chi connectivity index (χ2n) is 6.66. The minimum absolute atomic E-state index is 0.0887. The number of methoxy groups -OCH3 is 1. The monoisotopic (exact) mass is 403 g/mol. The zero-order valence-corrected chi connectivity index (χ0v) is 16.3. The molecule has 2 aromatic heterocycles. The summed E-state index contributed by atoms with van der Waals surface area (Å²) in [6, 6.07) is 10.4. The van der Waals surface area contributed by atoms with Gasteiger partial charge in [-0.1, -0.05) is 12.1 Å². The minimum atomic E-state index is -2.62. The Hall–Kier alpha value is -3.00. The number of halogens is 2. The number of amides is 1. The quantitative estimate of drug-likeness (QED) is 0.548. The van der Waals surface area contributed by atoms with E-state index in [2.05, 4.69) is 4.98 Å². The number of aryl methyl sites for hydroxylation is 1. The maximum absolute atomic E-state index is 12.8. The first-order chi connectivity index (χ1) is 14.0. The number of hydrogen-bond acceptors (Lipinski definition) is 4. The third-order valence-corrected chi connectivity index (χ3v) is 4.33. The fourth-order valence-electron chi connectivity index (χ4n) is 2.93. The number of ether oxygens (including phenoxy) is 2. The van der Waals surface area contributed by atoms with Crippen LogP contribution in [-0.4, -0.2) is 53.4 Å². The summed E-state index contributed by atoms with van der Waals surface area (Å²) in [5.41, 5.74) is 2.96. The topological polar surface area (TPSA) is 56.1 Å². The fourth-order valence-corrected chi connectivity index (χ4v) is 2.93. The summed E-state index contributed by atoms with van der Waals surface area (Å²) in [5, 5.41) is 0. The van der Waals surface area contributed by atoms with Crippen LogP contribution in [0.2, 0.25) is 0 Å². The van der Waals surface area contributed by atoms with Crippen molar-refractivity contribution in [1.29, 1.82) is 0 Å². The zero-order valence-electron chi connectivity index (χ0n) is 16.3. The zero-order chi connectivity index (χ0) is 20.8. The van der Waals surface area contributed by atoms with Crippen molar-refractivity contribution >= 4 is 11.6 Å². The molecule has 0 saturated carbocycles. The molecule has 6 nitrogen and oxygen atoms in total. The molecule has 0 N–H and O–H groups in total. The Morgan fingerprint density at radius 2 is 2.07 bits per heavy atom. The number of pyridine rings is 1. The molecule has 3 rings (SSSR count). The molecule has 1 aromatic carbocycles. The maximum atomic E-state index is 12.8. The lowest BCUT2D eigenvalue weighted by Crippen LogP contribution is -2.37. The van der Waals surface area contributed by atoms with E-state index in [1.807, 2.05) is 35.9 Å². The number of alkyl halides is 2. The summed E-state index contributed by atoms with van der Waals surface area (Å²) in [5.74, 6) is -0.0242. The van der Waals surface area contributed by atoms with Gasteiger partial charge in [0.1, 0.15) is 18.0 Å². The molecule has 0 radical (unpaired) electrons. The first-order valence-corrected chi connectivity index (χ1v) is 9.19. The Labute approximate surface area is 167 Å². The van der Waals surface area contributed by atoms with Gasteiger partial charge in [0.25, 0.3) is 12.3 Å². The van der Waals surface area contributed by atoms with Gasteiger partial charge in [0.05, 0.1) is 18.8 Å². The lowest BCUT2D eigenvalue weighted by Gasteiger charge is -2.22. The molecule has 0 spiro atoms. The van der Waals surface area contributed by atoms with Crippen LogP contribution in [0, 0.1) is 6.92 Å². The fraction of sp³-hybridized carbons (Fsp3) is 0.333. The van der Waals surface area contributed by atoms with Crippen LogP contribution < -0.4 is 4.74 Å². The van der Waals surface area contributed by atoms with Crippen LogP contribution in [-0.2, 0) is 11.3 Å². The smallest absolute Gasteiger partial charge is 0.255 e. The Morgan fingerprint density at radius 1 is 1.24 bits per heavy atom. The van der Waals surface area contributed by atoms with Gasteiger partial charge in [-0.05, 0) is 36.8 Å². The van der Waals surface area contributed by atoms with Gasteiger partial charge in [-0.2, -0.15) is 0 Å². The molecule has 0 atom stereocenters. The summed E-state index contributed by atoms with van der Waals surface area (Å²) in [7, 11) is 1.46. The van der Waals surface area contributed by atoms with Crippen LogP contribution in [0.25, 0.3) is 5.65 Å². The molecule has 8 heteroatoms. The molecule has 1 amide bonds. The molecule has 2 heterocycles. The second kappa shape index (κ2) is 9.47. The molecule has 0 aliphatic rings. The largest absolute Gasteiger partial charge is 0.487 e. The number of benzene rings is 1. The SMILES string of the molecule is COCCN(CC(F)F)C(=O)c1cccc(OCc2cn3cc(C)ccc3n2)c1. The second-order valence-corrected chi connectivity index (χ2v) is 6.66. The van der Waals surface area contributed by atoms with Crippen LogP contribution in [0.3, 0.4) is 0 Å². The van der Waals surface area contributed by atoms with Crippen molar-refractivity contribution in [3.8, 4) is 5.75 Å². The molecule has 0 fully saturated rings.